The van der Waals surface area contributed by atoms with Gasteiger partial charge in [-0.2, -0.15) is 5.10 Å². The Morgan fingerprint density at radius 2 is 1.52 bits per heavy atom. The molecule has 2 aliphatic heterocycles. The number of aryl methyl sites for hydroxylation is 3. The second kappa shape index (κ2) is 9.50. The number of hydrogen-bond acceptors (Lipinski definition) is 5. The summed E-state index contributed by atoms with van der Waals surface area (Å²) in [5, 5.41) is 9.29. The summed E-state index contributed by atoms with van der Waals surface area (Å²) in [6.45, 7) is 6.25. The van der Waals surface area contributed by atoms with Crippen molar-refractivity contribution in [1.82, 2.24) is 9.78 Å². The monoisotopic (exact) mass is 542 g/mol. The fourth-order valence-corrected chi connectivity index (χ4v) is 5.92. The summed E-state index contributed by atoms with van der Waals surface area (Å²) in [6, 6.07) is 32.6. The number of aromatic nitrogens is 2. The predicted molar refractivity (Wildman–Crippen MR) is 164 cm³/mol. The summed E-state index contributed by atoms with van der Waals surface area (Å²) < 4.78 is 1.93. The number of nitrogens with zero attached hydrogens (tertiary/aromatic N) is 5. The Kier molecular flexibility index (Phi) is 5.79. The second-order valence-corrected chi connectivity index (χ2v) is 10.7. The first-order valence-corrected chi connectivity index (χ1v) is 13.7. The van der Waals surface area contributed by atoms with Crippen LogP contribution in [-0.2, 0) is 0 Å². The Morgan fingerprint density at radius 1 is 0.775 bits per heavy atom. The molecule has 2 aliphatic rings. The Labute approximate surface area is 238 Å². The quantitative estimate of drug-likeness (QED) is 0.250. The van der Waals surface area contributed by atoms with Gasteiger partial charge in [0.05, 0.1) is 28.8 Å². The van der Waals surface area contributed by atoms with Crippen molar-refractivity contribution in [2.75, 3.05) is 10.2 Å². The first-order chi connectivity index (χ1) is 19.5. The predicted octanol–water partition coefficient (Wildman–Crippen LogP) is 8.25. The molecule has 0 fully saturated rings. The lowest BCUT2D eigenvalue weighted by atomic mass is 9.93. The van der Waals surface area contributed by atoms with E-state index in [2.05, 4.69) is 61.3 Å². The molecule has 196 valence electrons. The fourth-order valence-electron chi connectivity index (χ4n) is 5.72. The number of fused-ring (bicyclic) bond motifs is 4. The summed E-state index contributed by atoms with van der Waals surface area (Å²) in [5.41, 5.74) is 9.14. The number of anilines is 2. The first kappa shape index (κ1) is 24.4. The minimum Gasteiger partial charge on any atom is -0.337 e. The highest BCUT2D eigenvalue weighted by Gasteiger charge is 2.41. The van der Waals surface area contributed by atoms with Crippen LogP contribution < -0.4 is 10.2 Å². The number of para-hydroxylation sites is 3. The number of nitrogens with one attached hydrogen (secondary N) is 1. The molecule has 0 aliphatic carbocycles. The van der Waals surface area contributed by atoms with Crippen molar-refractivity contribution in [1.29, 1.82) is 0 Å². The molecule has 1 atom stereocenters. The summed E-state index contributed by atoms with van der Waals surface area (Å²) in [4.78, 5) is 12.7. The minimum atomic E-state index is -0.216. The average molecular weight is 543 g/mol. The van der Waals surface area contributed by atoms with E-state index in [1.165, 1.54) is 11.1 Å². The van der Waals surface area contributed by atoms with E-state index in [1.54, 1.807) is 0 Å². The van der Waals surface area contributed by atoms with Gasteiger partial charge in [0.15, 0.2) is 17.5 Å². The van der Waals surface area contributed by atoms with Crippen LogP contribution in [0, 0.1) is 20.8 Å². The van der Waals surface area contributed by atoms with Gasteiger partial charge in [-0.05, 0) is 86.0 Å². The zero-order valence-electron chi connectivity index (χ0n) is 22.4. The maximum absolute atomic E-state index is 6.57. The largest absolute Gasteiger partial charge is 0.337 e. The molecule has 1 N–H and O–H groups in total. The number of amidine groups is 2. The Hall–Kier alpha value is -4.68. The topological polar surface area (TPSA) is 57.8 Å². The SMILES string of the molecule is Cc1cc(C)cc(NC2=Nc3ccccc3N3C2=Nc2c(c(C)nn2-c2ccccc2)[C@@H]3c2cccc(Cl)c2)c1. The molecule has 0 unspecified atom stereocenters. The van der Waals surface area contributed by atoms with Crippen LogP contribution in [0.5, 0.6) is 0 Å². The van der Waals surface area contributed by atoms with Crippen molar-refractivity contribution in [2.24, 2.45) is 9.98 Å². The van der Waals surface area contributed by atoms with Crippen molar-refractivity contribution in [3.05, 3.63) is 130 Å². The van der Waals surface area contributed by atoms with Gasteiger partial charge in [0.25, 0.3) is 0 Å². The van der Waals surface area contributed by atoms with Gasteiger partial charge in [-0.1, -0.05) is 60.1 Å². The normalized spacial score (nSPS) is 15.5. The summed E-state index contributed by atoms with van der Waals surface area (Å²) in [6.07, 6.45) is 0. The van der Waals surface area contributed by atoms with Gasteiger partial charge in [-0.3, -0.25) is 0 Å². The van der Waals surface area contributed by atoms with Crippen molar-refractivity contribution in [3.8, 4) is 5.69 Å². The van der Waals surface area contributed by atoms with E-state index in [9.17, 15) is 0 Å². The molecule has 3 heterocycles. The molecule has 0 amide bonds. The highest BCUT2D eigenvalue weighted by atomic mass is 35.5. The smallest absolute Gasteiger partial charge is 0.179 e. The first-order valence-electron chi connectivity index (χ1n) is 13.3. The van der Waals surface area contributed by atoms with Crippen LogP contribution >= 0.6 is 11.6 Å². The average Bonchev–Trinajstić information content (AvgIpc) is 3.28. The summed E-state index contributed by atoms with van der Waals surface area (Å²) in [5.74, 6) is 2.20. The minimum absolute atomic E-state index is 0.216. The Bertz CT molecular complexity index is 1820. The molecule has 4 aromatic carbocycles. The van der Waals surface area contributed by atoms with Crippen molar-refractivity contribution in [2.45, 2.75) is 26.8 Å². The number of halogens is 1. The molecule has 0 saturated carbocycles. The molecule has 7 heteroatoms. The van der Waals surface area contributed by atoms with E-state index in [-0.39, 0.29) is 6.04 Å². The zero-order valence-corrected chi connectivity index (χ0v) is 23.2. The van der Waals surface area contributed by atoms with Crippen molar-refractivity contribution in [3.63, 3.8) is 0 Å². The molecule has 40 heavy (non-hydrogen) atoms. The van der Waals surface area contributed by atoms with Crippen LogP contribution in [0.25, 0.3) is 5.69 Å². The lowest BCUT2D eigenvalue weighted by molar-refractivity contribution is 0.815. The van der Waals surface area contributed by atoms with Gasteiger partial charge in [-0.15, -0.1) is 0 Å². The van der Waals surface area contributed by atoms with E-state index >= 15 is 0 Å². The molecule has 0 radical (unpaired) electrons. The van der Waals surface area contributed by atoms with Crippen LogP contribution in [0.4, 0.5) is 22.9 Å². The van der Waals surface area contributed by atoms with Crippen LogP contribution in [-0.4, -0.2) is 21.5 Å². The molecule has 0 spiro atoms. The van der Waals surface area contributed by atoms with E-state index in [4.69, 9.17) is 26.7 Å². The number of rotatable bonds is 3. The van der Waals surface area contributed by atoms with E-state index in [1.807, 2.05) is 71.4 Å². The molecule has 5 aromatic rings. The van der Waals surface area contributed by atoms with Crippen molar-refractivity contribution < 1.29 is 0 Å². The van der Waals surface area contributed by atoms with Crippen LogP contribution in [0.15, 0.2) is 107 Å². The summed E-state index contributed by atoms with van der Waals surface area (Å²) >= 11 is 6.57. The molecular weight excluding hydrogens is 516 g/mol. The third-order valence-corrected chi connectivity index (χ3v) is 7.52. The third kappa shape index (κ3) is 4.08. The highest BCUT2D eigenvalue weighted by molar-refractivity contribution is 6.51. The fraction of sp³-hybridized carbons (Fsp3) is 0.121. The standard InChI is InChI=1S/C33H27ClN6/c1-20-16-21(2)18-25(17-20)35-31-33-37-32-29(22(3)38-40(32)26-12-5-4-6-13-26)30(23-10-9-11-24(34)19-23)39(33)28-15-8-7-14-27(28)36-31/h4-19,30H,1-3H3,(H,35,36)/t30-/m0/s1. The number of aliphatic imine (C=N–C) groups is 2. The lowest BCUT2D eigenvalue weighted by Crippen LogP contribution is -2.46. The Morgan fingerprint density at radius 3 is 2.30 bits per heavy atom. The van der Waals surface area contributed by atoms with E-state index < -0.39 is 0 Å². The molecule has 7 rings (SSSR count). The molecule has 6 nitrogen and oxygen atoms in total. The van der Waals surface area contributed by atoms with Crippen LogP contribution in [0.1, 0.15) is 34.0 Å². The molecule has 0 bridgehead atoms. The highest BCUT2D eigenvalue weighted by Crippen LogP contribution is 2.48. The maximum Gasteiger partial charge on any atom is 0.179 e. The van der Waals surface area contributed by atoms with Gasteiger partial charge in [-0.25, -0.2) is 14.7 Å². The molecule has 1 aromatic heterocycles. The van der Waals surface area contributed by atoms with Gasteiger partial charge in [0.1, 0.15) is 0 Å². The van der Waals surface area contributed by atoms with E-state index in [0.717, 1.165) is 51.2 Å². The van der Waals surface area contributed by atoms with Gasteiger partial charge in [0.2, 0.25) is 0 Å². The molecular formula is C33H27ClN6. The van der Waals surface area contributed by atoms with Gasteiger partial charge >= 0.3 is 0 Å². The third-order valence-electron chi connectivity index (χ3n) is 7.29. The van der Waals surface area contributed by atoms with Gasteiger partial charge in [0, 0.05) is 16.3 Å². The van der Waals surface area contributed by atoms with Gasteiger partial charge < -0.3 is 10.2 Å². The second-order valence-electron chi connectivity index (χ2n) is 10.3. The summed E-state index contributed by atoms with van der Waals surface area (Å²) in [7, 11) is 0. The number of hydrogen-bond donors (Lipinski definition) is 1. The van der Waals surface area contributed by atoms with Crippen molar-refractivity contribution >= 4 is 46.2 Å². The molecule has 0 saturated heterocycles. The zero-order chi connectivity index (χ0) is 27.4. The number of benzene rings is 4. The van der Waals surface area contributed by atoms with E-state index in [0.29, 0.717) is 10.9 Å². The van der Waals surface area contributed by atoms with Crippen LogP contribution in [0.2, 0.25) is 5.02 Å². The Balaban J connectivity index is 1.50. The maximum atomic E-state index is 6.57. The lowest BCUT2D eigenvalue weighted by Gasteiger charge is -2.40. The van der Waals surface area contributed by atoms with Crippen LogP contribution in [0.3, 0.4) is 0 Å².